The minimum Gasteiger partial charge on any atom is -0.508 e. The van der Waals surface area contributed by atoms with E-state index >= 15 is 0 Å². The van der Waals surface area contributed by atoms with Gasteiger partial charge in [0, 0.05) is 30.6 Å². The van der Waals surface area contributed by atoms with Crippen molar-refractivity contribution in [3.63, 3.8) is 0 Å². The highest BCUT2D eigenvalue weighted by atomic mass is 16.3. The van der Waals surface area contributed by atoms with E-state index in [0.717, 1.165) is 12.8 Å². The van der Waals surface area contributed by atoms with Gasteiger partial charge in [-0.15, -0.1) is 0 Å². The maximum Gasteiger partial charge on any atom is 0.223 e. The number of hydrogen-bond acceptors (Lipinski definition) is 4. The summed E-state index contributed by atoms with van der Waals surface area (Å²) < 4.78 is 0. The lowest BCUT2D eigenvalue weighted by Gasteiger charge is -2.16. The second-order valence-corrected chi connectivity index (χ2v) is 4.98. The van der Waals surface area contributed by atoms with Crippen LogP contribution in [0.5, 0.6) is 11.5 Å². The van der Waals surface area contributed by atoms with Crippen LogP contribution in [0, 0.1) is 5.92 Å². The second-order valence-electron chi connectivity index (χ2n) is 4.98. The smallest absolute Gasteiger partial charge is 0.223 e. The summed E-state index contributed by atoms with van der Waals surface area (Å²) in [5.74, 6) is 0.644. The molecule has 1 aliphatic rings. The zero-order valence-electron chi connectivity index (χ0n) is 11.0. The SMILES string of the molecule is CC(NCCNC(=O)C1CC1)c1cc(O)ccc1O. The van der Waals surface area contributed by atoms with Gasteiger partial charge in [0.05, 0.1) is 0 Å². The molecule has 104 valence electrons. The zero-order valence-corrected chi connectivity index (χ0v) is 11.0. The van der Waals surface area contributed by atoms with Crippen molar-refractivity contribution >= 4 is 5.91 Å². The fourth-order valence-corrected chi connectivity index (χ4v) is 1.96. The van der Waals surface area contributed by atoms with Crippen molar-refractivity contribution in [1.82, 2.24) is 10.6 Å². The molecule has 0 heterocycles. The molecule has 1 aliphatic carbocycles. The number of phenols is 2. The third-order valence-corrected chi connectivity index (χ3v) is 3.30. The number of nitrogens with one attached hydrogen (secondary N) is 2. The highest BCUT2D eigenvalue weighted by Crippen LogP contribution is 2.29. The van der Waals surface area contributed by atoms with Crippen LogP contribution in [0.4, 0.5) is 0 Å². The number of aromatic hydroxyl groups is 2. The molecule has 0 radical (unpaired) electrons. The van der Waals surface area contributed by atoms with Crippen molar-refractivity contribution in [2.24, 2.45) is 5.92 Å². The summed E-state index contributed by atoms with van der Waals surface area (Å²) in [6.07, 6.45) is 2.01. The van der Waals surface area contributed by atoms with Gasteiger partial charge in [0.25, 0.3) is 0 Å². The van der Waals surface area contributed by atoms with Gasteiger partial charge in [0.1, 0.15) is 11.5 Å². The Labute approximate surface area is 112 Å². The van der Waals surface area contributed by atoms with Crippen LogP contribution in [0.1, 0.15) is 31.4 Å². The number of carbonyl (C=O) groups excluding carboxylic acids is 1. The maximum absolute atomic E-state index is 11.4. The zero-order chi connectivity index (χ0) is 13.8. The van der Waals surface area contributed by atoms with Crippen molar-refractivity contribution in [2.75, 3.05) is 13.1 Å². The number of carbonyl (C=O) groups is 1. The van der Waals surface area contributed by atoms with Crippen molar-refractivity contribution in [3.05, 3.63) is 23.8 Å². The first-order valence-corrected chi connectivity index (χ1v) is 6.61. The average Bonchev–Trinajstić information content (AvgIpc) is 3.21. The quantitative estimate of drug-likeness (QED) is 0.461. The van der Waals surface area contributed by atoms with Gasteiger partial charge in [-0.05, 0) is 38.0 Å². The monoisotopic (exact) mass is 264 g/mol. The van der Waals surface area contributed by atoms with Gasteiger partial charge in [0.2, 0.25) is 5.91 Å². The highest BCUT2D eigenvalue weighted by molar-refractivity contribution is 5.80. The Morgan fingerprint density at radius 2 is 2.11 bits per heavy atom. The predicted molar refractivity (Wildman–Crippen MR) is 71.9 cm³/mol. The molecule has 1 saturated carbocycles. The van der Waals surface area contributed by atoms with Crippen molar-refractivity contribution < 1.29 is 15.0 Å². The molecule has 0 aromatic heterocycles. The van der Waals surface area contributed by atoms with Crippen LogP contribution in [-0.2, 0) is 4.79 Å². The summed E-state index contributed by atoms with van der Waals surface area (Å²) in [5.41, 5.74) is 0.647. The normalized spacial score (nSPS) is 16.1. The van der Waals surface area contributed by atoms with Crippen molar-refractivity contribution in [2.45, 2.75) is 25.8 Å². The van der Waals surface area contributed by atoms with Gasteiger partial charge in [-0.2, -0.15) is 0 Å². The Bertz CT molecular complexity index is 458. The highest BCUT2D eigenvalue weighted by Gasteiger charge is 2.28. The minimum absolute atomic E-state index is 0.0927. The fourth-order valence-electron chi connectivity index (χ4n) is 1.96. The summed E-state index contributed by atoms with van der Waals surface area (Å²) in [6, 6.07) is 4.36. The Hall–Kier alpha value is -1.75. The lowest BCUT2D eigenvalue weighted by atomic mass is 10.1. The number of benzene rings is 1. The molecule has 0 bridgehead atoms. The summed E-state index contributed by atoms with van der Waals surface area (Å²) in [4.78, 5) is 11.4. The molecule has 5 nitrogen and oxygen atoms in total. The molecule has 1 fully saturated rings. The third-order valence-electron chi connectivity index (χ3n) is 3.30. The van der Waals surface area contributed by atoms with Crippen LogP contribution in [0.3, 0.4) is 0 Å². The third kappa shape index (κ3) is 3.86. The summed E-state index contributed by atoms with van der Waals surface area (Å²) >= 11 is 0. The van der Waals surface area contributed by atoms with E-state index < -0.39 is 0 Å². The average molecular weight is 264 g/mol. The molecule has 0 aliphatic heterocycles. The van der Waals surface area contributed by atoms with E-state index in [-0.39, 0.29) is 29.4 Å². The second kappa shape index (κ2) is 5.93. The van der Waals surface area contributed by atoms with Gasteiger partial charge in [-0.3, -0.25) is 4.79 Å². The number of amides is 1. The van der Waals surface area contributed by atoms with E-state index in [1.807, 2.05) is 6.92 Å². The van der Waals surface area contributed by atoms with Crippen LogP contribution in [0.15, 0.2) is 18.2 Å². The Balaban J connectivity index is 1.75. The van der Waals surface area contributed by atoms with Crippen LogP contribution in [0.25, 0.3) is 0 Å². The van der Waals surface area contributed by atoms with E-state index in [4.69, 9.17) is 0 Å². The van der Waals surface area contributed by atoms with Crippen LogP contribution in [0.2, 0.25) is 0 Å². The molecule has 1 amide bonds. The molecule has 0 spiro atoms. The molecule has 1 atom stereocenters. The van der Waals surface area contributed by atoms with Gasteiger partial charge in [0.15, 0.2) is 0 Å². The van der Waals surface area contributed by atoms with Crippen molar-refractivity contribution in [1.29, 1.82) is 0 Å². The lowest BCUT2D eigenvalue weighted by molar-refractivity contribution is -0.122. The first-order chi connectivity index (χ1) is 9.08. The number of hydrogen-bond donors (Lipinski definition) is 4. The van der Waals surface area contributed by atoms with Gasteiger partial charge < -0.3 is 20.8 Å². The Morgan fingerprint density at radius 3 is 2.79 bits per heavy atom. The molecule has 4 N–H and O–H groups in total. The largest absolute Gasteiger partial charge is 0.508 e. The summed E-state index contributed by atoms with van der Waals surface area (Å²) in [7, 11) is 0. The standard InChI is InChI=1S/C14H20N2O3/c1-9(12-8-11(17)4-5-13(12)18)15-6-7-16-14(19)10-2-3-10/h4-5,8-10,15,17-18H,2-3,6-7H2,1H3,(H,16,19). The van der Waals surface area contributed by atoms with E-state index in [1.165, 1.54) is 18.2 Å². The van der Waals surface area contributed by atoms with Crippen molar-refractivity contribution in [3.8, 4) is 11.5 Å². The van der Waals surface area contributed by atoms with Crippen LogP contribution in [-0.4, -0.2) is 29.2 Å². The Kier molecular flexibility index (Phi) is 4.27. The van der Waals surface area contributed by atoms with Crippen LogP contribution < -0.4 is 10.6 Å². The van der Waals surface area contributed by atoms with E-state index in [1.54, 1.807) is 0 Å². The van der Waals surface area contributed by atoms with E-state index in [0.29, 0.717) is 18.7 Å². The summed E-state index contributed by atoms with van der Waals surface area (Å²) in [5, 5.41) is 25.2. The van der Waals surface area contributed by atoms with E-state index in [2.05, 4.69) is 10.6 Å². The molecule has 1 unspecified atom stereocenters. The topological polar surface area (TPSA) is 81.6 Å². The first kappa shape index (κ1) is 13.7. The fraction of sp³-hybridized carbons (Fsp3) is 0.500. The van der Waals surface area contributed by atoms with Gasteiger partial charge in [-0.25, -0.2) is 0 Å². The molecule has 1 aromatic rings. The molecule has 19 heavy (non-hydrogen) atoms. The van der Waals surface area contributed by atoms with Gasteiger partial charge in [-0.1, -0.05) is 0 Å². The summed E-state index contributed by atoms with van der Waals surface area (Å²) in [6.45, 7) is 3.09. The Morgan fingerprint density at radius 1 is 1.37 bits per heavy atom. The lowest BCUT2D eigenvalue weighted by Crippen LogP contribution is -2.33. The maximum atomic E-state index is 11.4. The molecule has 5 heteroatoms. The molecule has 2 rings (SSSR count). The predicted octanol–water partition coefficient (Wildman–Crippen LogP) is 1.27. The van der Waals surface area contributed by atoms with E-state index in [9.17, 15) is 15.0 Å². The number of rotatable bonds is 6. The first-order valence-electron chi connectivity index (χ1n) is 6.61. The molecule has 0 saturated heterocycles. The number of phenolic OH excluding ortho intramolecular Hbond substituents is 2. The van der Waals surface area contributed by atoms with Crippen LogP contribution >= 0.6 is 0 Å². The molecular weight excluding hydrogens is 244 g/mol. The van der Waals surface area contributed by atoms with Gasteiger partial charge >= 0.3 is 0 Å². The molecular formula is C14H20N2O3. The minimum atomic E-state index is -0.0927. The molecule has 1 aromatic carbocycles.